The quantitative estimate of drug-likeness (QED) is 0.803. The van der Waals surface area contributed by atoms with Crippen molar-refractivity contribution in [1.82, 2.24) is 14.4 Å². The number of carbonyl (C=O) groups excluding carboxylic acids is 1. The largest absolute Gasteiger partial charge is 0.391 e. The van der Waals surface area contributed by atoms with Gasteiger partial charge in [0.25, 0.3) is 0 Å². The number of aliphatic hydroxyl groups excluding tert-OH is 1. The molecule has 0 spiro atoms. The number of para-hydroxylation sites is 1. The molecule has 0 bridgehead atoms. The van der Waals surface area contributed by atoms with E-state index in [2.05, 4.69) is 5.16 Å². The molecule has 2 atom stereocenters. The summed E-state index contributed by atoms with van der Waals surface area (Å²) < 4.78 is 30.3. The Morgan fingerprint density at radius 1 is 1.36 bits per heavy atom. The molecule has 0 aliphatic carbocycles. The first kappa shape index (κ1) is 17.8. The summed E-state index contributed by atoms with van der Waals surface area (Å²) in [6.07, 6.45) is -0.801. The van der Waals surface area contributed by atoms with Crippen molar-refractivity contribution in [1.29, 1.82) is 0 Å². The van der Waals surface area contributed by atoms with Crippen LogP contribution in [0.1, 0.15) is 5.69 Å². The second kappa shape index (κ2) is 6.74. The molecule has 0 unspecified atom stereocenters. The number of hydrogen-bond donors (Lipinski definition) is 1. The maximum Gasteiger partial charge on any atom is 0.228 e. The summed E-state index contributed by atoms with van der Waals surface area (Å²) in [5, 5.41) is 14.9. The van der Waals surface area contributed by atoms with Crippen LogP contribution in [0.3, 0.4) is 0 Å². The summed E-state index contributed by atoms with van der Waals surface area (Å²) in [5.74, 6) is -0.883. The van der Waals surface area contributed by atoms with E-state index < -0.39 is 22.0 Å². The van der Waals surface area contributed by atoms with E-state index in [0.29, 0.717) is 11.3 Å². The Bertz CT molecular complexity index is 877. The number of likely N-dealkylation sites (tertiary alicyclic amines) is 1. The van der Waals surface area contributed by atoms with Crippen LogP contribution in [0.25, 0.3) is 11.0 Å². The van der Waals surface area contributed by atoms with E-state index >= 15 is 0 Å². The molecule has 2 heterocycles. The molecule has 2 aromatic rings. The lowest BCUT2D eigenvalue weighted by Crippen LogP contribution is -2.34. The smallest absolute Gasteiger partial charge is 0.228 e. The van der Waals surface area contributed by atoms with E-state index in [9.17, 15) is 18.3 Å². The average Bonchev–Trinajstić information content (AvgIpc) is 3.12. The average molecular weight is 367 g/mol. The molecule has 1 fully saturated rings. The topological polar surface area (TPSA) is 104 Å². The number of aliphatic hydroxyl groups is 1. The fourth-order valence-electron chi connectivity index (χ4n) is 2.96. The van der Waals surface area contributed by atoms with Crippen LogP contribution in [-0.2, 0) is 21.2 Å². The molecule has 8 nitrogen and oxygen atoms in total. The van der Waals surface area contributed by atoms with Crippen LogP contribution < -0.4 is 0 Å². The van der Waals surface area contributed by atoms with Crippen molar-refractivity contribution >= 4 is 26.9 Å². The van der Waals surface area contributed by atoms with Crippen molar-refractivity contribution in [3.8, 4) is 0 Å². The Kier molecular flexibility index (Phi) is 4.81. The second-order valence-electron chi connectivity index (χ2n) is 6.49. The monoisotopic (exact) mass is 367 g/mol. The Hall–Kier alpha value is -1.97. The number of fused-ring (bicyclic) bond motifs is 1. The highest BCUT2D eigenvalue weighted by atomic mass is 32.2. The summed E-state index contributed by atoms with van der Waals surface area (Å²) in [6, 6.07) is 7.28. The summed E-state index contributed by atoms with van der Waals surface area (Å²) in [5.41, 5.74) is 1.15. The third-order valence-corrected chi connectivity index (χ3v) is 6.47. The predicted octanol–water partition coefficient (Wildman–Crippen LogP) is 0.0810. The molecule has 0 radical (unpaired) electrons. The van der Waals surface area contributed by atoms with Crippen LogP contribution in [0.2, 0.25) is 0 Å². The van der Waals surface area contributed by atoms with Gasteiger partial charge in [0.05, 0.1) is 18.3 Å². The first-order chi connectivity index (χ1) is 11.8. The maximum absolute atomic E-state index is 12.5. The van der Waals surface area contributed by atoms with Crippen LogP contribution in [-0.4, -0.2) is 72.8 Å². The van der Waals surface area contributed by atoms with Crippen molar-refractivity contribution in [2.75, 3.05) is 32.9 Å². The van der Waals surface area contributed by atoms with Gasteiger partial charge in [0.15, 0.2) is 5.58 Å². The first-order valence-electron chi connectivity index (χ1n) is 7.97. The zero-order chi connectivity index (χ0) is 18.2. The molecule has 1 amide bonds. The normalized spacial score (nSPS) is 21.4. The van der Waals surface area contributed by atoms with Gasteiger partial charge in [-0.15, -0.1) is 0 Å². The summed E-state index contributed by atoms with van der Waals surface area (Å²) in [7, 11) is -0.527. The second-order valence-corrected chi connectivity index (χ2v) is 8.72. The lowest BCUT2D eigenvalue weighted by molar-refractivity contribution is -0.129. The Morgan fingerprint density at radius 2 is 2.08 bits per heavy atom. The molecule has 136 valence electrons. The summed E-state index contributed by atoms with van der Waals surface area (Å²) >= 11 is 0. The molecule has 0 saturated carbocycles. The minimum atomic E-state index is -3.43. The van der Waals surface area contributed by atoms with Gasteiger partial charge in [0.1, 0.15) is 5.69 Å². The van der Waals surface area contributed by atoms with E-state index in [-0.39, 0.29) is 31.2 Å². The number of nitrogens with zero attached hydrogens (tertiary/aromatic N) is 3. The first-order valence-corrected chi connectivity index (χ1v) is 9.58. The van der Waals surface area contributed by atoms with Gasteiger partial charge in [-0.05, 0) is 12.1 Å². The maximum atomic E-state index is 12.5. The third kappa shape index (κ3) is 3.68. The van der Waals surface area contributed by atoms with Gasteiger partial charge in [-0.3, -0.25) is 4.79 Å². The van der Waals surface area contributed by atoms with Gasteiger partial charge in [0, 0.05) is 38.5 Å². The van der Waals surface area contributed by atoms with Crippen molar-refractivity contribution in [3.05, 3.63) is 30.0 Å². The summed E-state index contributed by atoms with van der Waals surface area (Å²) in [4.78, 5) is 14.0. The van der Waals surface area contributed by atoms with Crippen molar-refractivity contribution in [2.45, 2.75) is 12.5 Å². The van der Waals surface area contributed by atoms with E-state index in [0.717, 1.165) is 9.69 Å². The van der Waals surface area contributed by atoms with Crippen LogP contribution in [0.15, 0.2) is 28.8 Å². The molecule has 1 aromatic carbocycles. The SMILES string of the molecule is CN(C)S(=O)(=O)C[C@@H]1CN(C(=O)Cc2noc3ccccc23)C[C@@H]1O. The predicted molar refractivity (Wildman–Crippen MR) is 91.3 cm³/mol. The number of sulfonamides is 1. The highest BCUT2D eigenvalue weighted by Gasteiger charge is 2.37. The number of benzene rings is 1. The number of β-amino-alcohol motifs (C(OH)–C–C–N with tert-alkyl or cyclic N) is 1. The summed E-state index contributed by atoms with van der Waals surface area (Å²) in [6.45, 7) is 0.338. The molecule has 1 aromatic heterocycles. The Balaban J connectivity index is 1.68. The molecule has 1 aliphatic rings. The number of carbonyl (C=O) groups is 1. The number of aromatic nitrogens is 1. The minimum Gasteiger partial charge on any atom is -0.391 e. The van der Waals surface area contributed by atoms with Gasteiger partial charge < -0.3 is 14.5 Å². The molecule has 1 N–H and O–H groups in total. The Morgan fingerprint density at radius 3 is 2.80 bits per heavy atom. The number of hydrogen-bond acceptors (Lipinski definition) is 6. The zero-order valence-corrected chi connectivity index (χ0v) is 14.9. The van der Waals surface area contributed by atoms with Gasteiger partial charge >= 0.3 is 0 Å². The molecular weight excluding hydrogens is 346 g/mol. The van der Waals surface area contributed by atoms with Crippen molar-refractivity contribution in [2.24, 2.45) is 5.92 Å². The Labute approximate surface area is 146 Å². The highest BCUT2D eigenvalue weighted by Crippen LogP contribution is 2.23. The van der Waals surface area contributed by atoms with Crippen molar-refractivity contribution < 1.29 is 22.8 Å². The number of amides is 1. The van der Waals surface area contributed by atoms with Gasteiger partial charge in [-0.2, -0.15) is 0 Å². The van der Waals surface area contributed by atoms with Gasteiger partial charge in [-0.1, -0.05) is 17.3 Å². The van der Waals surface area contributed by atoms with Gasteiger partial charge in [0.2, 0.25) is 15.9 Å². The van der Waals surface area contributed by atoms with E-state index in [1.165, 1.54) is 19.0 Å². The van der Waals surface area contributed by atoms with Crippen LogP contribution >= 0.6 is 0 Å². The standard InChI is InChI=1S/C16H21N3O5S/c1-18(2)25(22,23)10-11-8-19(9-14(11)20)16(21)7-13-12-5-3-4-6-15(12)24-17-13/h3-6,11,14,20H,7-10H2,1-2H3/t11-,14-/m0/s1. The third-order valence-electron chi connectivity index (χ3n) is 4.51. The lowest BCUT2D eigenvalue weighted by Gasteiger charge is -2.17. The minimum absolute atomic E-state index is 0.0525. The van der Waals surface area contributed by atoms with Crippen LogP contribution in [0.5, 0.6) is 0 Å². The molecule has 3 rings (SSSR count). The molecular formula is C16H21N3O5S. The van der Waals surface area contributed by atoms with E-state index in [1.807, 2.05) is 18.2 Å². The van der Waals surface area contributed by atoms with Gasteiger partial charge in [-0.25, -0.2) is 12.7 Å². The van der Waals surface area contributed by atoms with Crippen molar-refractivity contribution in [3.63, 3.8) is 0 Å². The fourth-order valence-corrected chi connectivity index (χ4v) is 4.13. The molecule has 1 saturated heterocycles. The van der Waals surface area contributed by atoms with Crippen LogP contribution in [0.4, 0.5) is 0 Å². The van der Waals surface area contributed by atoms with E-state index in [1.54, 1.807) is 6.07 Å². The zero-order valence-electron chi connectivity index (χ0n) is 14.1. The van der Waals surface area contributed by atoms with Crippen LogP contribution in [0, 0.1) is 5.92 Å². The fraction of sp³-hybridized carbons (Fsp3) is 0.500. The highest BCUT2D eigenvalue weighted by molar-refractivity contribution is 7.89. The number of rotatable bonds is 5. The molecule has 1 aliphatic heterocycles. The molecule has 25 heavy (non-hydrogen) atoms. The lowest BCUT2D eigenvalue weighted by atomic mass is 10.1. The molecule has 9 heteroatoms. The van der Waals surface area contributed by atoms with E-state index in [4.69, 9.17) is 4.52 Å².